The quantitative estimate of drug-likeness (QED) is 0.358. The first-order valence-electron chi connectivity index (χ1n) is 12.4. The second kappa shape index (κ2) is 10.1. The van der Waals surface area contributed by atoms with E-state index in [0.29, 0.717) is 29.7 Å². The van der Waals surface area contributed by atoms with Crippen LogP contribution in [0.3, 0.4) is 0 Å². The number of piperidine rings is 1. The van der Waals surface area contributed by atoms with E-state index in [4.69, 9.17) is 16.3 Å². The molecule has 1 aliphatic rings. The van der Waals surface area contributed by atoms with Gasteiger partial charge in [0.15, 0.2) is 5.69 Å². The number of benzene rings is 2. The number of hydrogen-bond donors (Lipinski definition) is 1. The summed E-state index contributed by atoms with van der Waals surface area (Å²) in [6.45, 7) is 13.8. The van der Waals surface area contributed by atoms with Crippen LogP contribution >= 0.6 is 0 Å². The SMILES string of the molecule is [C-]#[N+]c1ccc(-c2nc(OC[C@@H]3CCCN(C)C3)c3nccn3c2-c2ccc(C)c(C(C)O)c2)cc1. The molecular weight excluding hydrogens is 450 g/mol. The Morgan fingerprint density at radius 3 is 2.69 bits per heavy atom. The van der Waals surface area contributed by atoms with Gasteiger partial charge in [-0.2, -0.15) is 0 Å². The highest BCUT2D eigenvalue weighted by molar-refractivity contribution is 5.82. The molecule has 3 heterocycles. The highest BCUT2D eigenvalue weighted by Gasteiger charge is 2.22. The molecule has 0 aliphatic carbocycles. The minimum absolute atomic E-state index is 0.451. The topological polar surface area (TPSA) is 67.2 Å². The average Bonchev–Trinajstić information content (AvgIpc) is 3.37. The number of aliphatic hydroxyl groups is 1. The summed E-state index contributed by atoms with van der Waals surface area (Å²) in [5.41, 5.74) is 6.56. The van der Waals surface area contributed by atoms with Gasteiger partial charge < -0.3 is 14.7 Å². The molecule has 36 heavy (non-hydrogen) atoms. The molecule has 0 saturated carbocycles. The van der Waals surface area contributed by atoms with Crippen molar-refractivity contribution in [2.24, 2.45) is 5.92 Å². The van der Waals surface area contributed by atoms with Gasteiger partial charge in [-0.05, 0) is 63.0 Å². The van der Waals surface area contributed by atoms with E-state index >= 15 is 0 Å². The van der Waals surface area contributed by atoms with E-state index in [1.54, 1.807) is 25.3 Å². The van der Waals surface area contributed by atoms with Crippen LogP contribution in [0.25, 0.3) is 33.0 Å². The number of fused-ring (bicyclic) bond motifs is 1. The van der Waals surface area contributed by atoms with Crippen LogP contribution in [0, 0.1) is 19.4 Å². The molecule has 1 N–H and O–H groups in total. The lowest BCUT2D eigenvalue weighted by atomic mass is 9.97. The summed E-state index contributed by atoms with van der Waals surface area (Å²) in [5, 5.41) is 10.4. The van der Waals surface area contributed by atoms with E-state index in [1.165, 1.54) is 6.42 Å². The summed E-state index contributed by atoms with van der Waals surface area (Å²) in [4.78, 5) is 15.5. The summed E-state index contributed by atoms with van der Waals surface area (Å²) >= 11 is 0. The number of likely N-dealkylation sites (tertiary alicyclic amines) is 1. The van der Waals surface area contributed by atoms with Gasteiger partial charge in [0.25, 0.3) is 5.88 Å². The van der Waals surface area contributed by atoms with E-state index in [1.807, 2.05) is 47.9 Å². The smallest absolute Gasteiger partial charge is 0.259 e. The first-order chi connectivity index (χ1) is 17.4. The van der Waals surface area contributed by atoms with Crippen LogP contribution in [-0.4, -0.2) is 51.1 Å². The zero-order valence-electron chi connectivity index (χ0n) is 21.0. The molecule has 1 fully saturated rings. The van der Waals surface area contributed by atoms with Crippen LogP contribution in [0.2, 0.25) is 0 Å². The highest BCUT2D eigenvalue weighted by atomic mass is 16.5. The number of hydrogen-bond acceptors (Lipinski definition) is 5. The minimum Gasteiger partial charge on any atom is -0.475 e. The zero-order valence-corrected chi connectivity index (χ0v) is 21.0. The zero-order chi connectivity index (χ0) is 25.2. The molecule has 184 valence electrons. The molecule has 2 aromatic carbocycles. The third-order valence-corrected chi connectivity index (χ3v) is 6.96. The van der Waals surface area contributed by atoms with Gasteiger partial charge in [-0.3, -0.25) is 4.40 Å². The van der Waals surface area contributed by atoms with Crippen LogP contribution in [0.4, 0.5) is 5.69 Å². The van der Waals surface area contributed by atoms with Gasteiger partial charge in [-0.15, -0.1) is 0 Å². The molecule has 0 amide bonds. The number of aryl methyl sites for hydroxylation is 1. The first kappa shape index (κ1) is 24.0. The molecule has 4 aromatic rings. The molecule has 5 rings (SSSR count). The Labute approximate surface area is 211 Å². The Kier molecular flexibility index (Phi) is 6.73. The van der Waals surface area contributed by atoms with Crippen molar-refractivity contribution in [3.05, 3.63) is 77.4 Å². The maximum Gasteiger partial charge on any atom is 0.259 e. The molecule has 1 saturated heterocycles. The molecule has 2 atom stereocenters. The molecule has 2 aromatic heterocycles. The number of ether oxygens (including phenoxy) is 1. The normalized spacial score (nSPS) is 17.1. The van der Waals surface area contributed by atoms with Crippen LogP contribution < -0.4 is 4.74 Å². The average molecular weight is 482 g/mol. The Bertz CT molecular complexity index is 1420. The number of aromatic nitrogens is 3. The summed E-state index contributed by atoms with van der Waals surface area (Å²) in [5.74, 6) is 0.955. The number of rotatable bonds is 6. The monoisotopic (exact) mass is 481 g/mol. The Balaban J connectivity index is 1.65. The van der Waals surface area contributed by atoms with E-state index in [0.717, 1.165) is 53.2 Å². The van der Waals surface area contributed by atoms with Crippen molar-refractivity contribution < 1.29 is 9.84 Å². The second-order valence-electron chi connectivity index (χ2n) is 9.72. The third-order valence-electron chi connectivity index (χ3n) is 6.96. The van der Waals surface area contributed by atoms with Crippen molar-refractivity contribution in [3.8, 4) is 28.4 Å². The molecule has 1 aliphatic heterocycles. The summed E-state index contributed by atoms with van der Waals surface area (Å²) in [7, 11) is 2.15. The van der Waals surface area contributed by atoms with Crippen molar-refractivity contribution in [3.63, 3.8) is 0 Å². The fraction of sp³-hybridized carbons (Fsp3) is 0.345. The van der Waals surface area contributed by atoms with Crippen LogP contribution in [0.5, 0.6) is 5.88 Å². The number of nitrogens with zero attached hydrogens (tertiary/aromatic N) is 5. The molecule has 0 radical (unpaired) electrons. The van der Waals surface area contributed by atoms with Gasteiger partial charge in [0.05, 0.1) is 30.7 Å². The molecule has 7 heteroatoms. The van der Waals surface area contributed by atoms with Crippen LogP contribution in [0.1, 0.15) is 37.0 Å². The lowest BCUT2D eigenvalue weighted by Gasteiger charge is -2.29. The number of imidazole rings is 1. The van der Waals surface area contributed by atoms with Crippen LogP contribution in [-0.2, 0) is 0 Å². The van der Waals surface area contributed by atoms with E-state index < -0.39 is 6.10 Å². The molecule has 1 unspecified atom stereocenters. The fourth-order valence-electron chi connectivity index (χ4n) is 5.07. The first-order valence-corrected chi connectivity index (χ1v) is 12.4. The lowest BCUT2D eigenvalue weighted by Crippen LogP contribution is -2.34. The standard InChI is InChI=1S/C29H31N5O2/c1-19-7-8-23(16-25(19)20(2)35)27-26(22-9-11-24(30-3)12-10-22)32-29(28-31-13-15-34(27)28)36-18-21-6-5-14-33(4)17-21/h7-13,15-16,20-21,35H,5-6,14,17-18H2,1-2,4H3/t20?,21-/m1/s1. The van der Waals surface area contributed by atoms with Gasteiger partial charge in [-0.1, -0.05) is 36.4 Å². The lowest BCUT2D eigenvalue weighted by molar-refractivity contribution is 0.148. The summed E-state index contributed by atoms with van der Waals surface area (Å²) in [6.07, 6.45) is 5.41. The van der Waals surface area contributed by atoms with E-state index in [2.05, 4.69) is 21.8 Å². The Morgan fingerprint density at radius 2 is 1.97 bits per heavy atom. The van der Waals surface area contributed by atoms with Gasteiger partial charge in [0.2, 0.25) is 5.65 Å². The Hall–Kier alpha value is -3.73. The minimum atomic E-state index is -0.589. The summed E-state index contributed by atoms with van der Waals surface area (Å²) in [6, 6.07) is 13.5. The number of aliphatic hydroxyl groups excluding tert-OH is 1. The van der Waals surface area contributed by atoms with Gasteiger partial charge in [-0.25, -0.2) is 14.8 Å². The van der Waals surface area contributed by atoms with Crippen molar-refractivity contribution >= 4 is 11.3 Å². The maximum atomic E-state index is 10.4. The van der Waals surface area contributed by atoms with E-state index in [-0.39, 0.29) is 0 Å². The highest BCUT2D eigenvalue weighted by Crippen LogP contribution is 2.37. The van der Waals surface area contributed by atoms with Crippen molar-refractivity contribution in [1.82, 2.24) is 19.3 Å². The van der Waals surface area contributed by atoms with Gasteiger partial charge >= 0.3 is 0 Å². The molecule has 0 spiro atoms. The summed E-state index contributed by atoms with van der Waals surface area (Å²) < 4.78 is 8.35. The fourth-order valence-corrected chi connectivity index (χ4v) is 5.07. The predicted molar refractivity (Wildman–Crippen MR) is 141 cm³/mol. The maximum absolute atomic E-state index is 10.4. The molecule has 0 bridgehead atoms. The Morgan fingerprint density at radius 1 is 1.19 bits per heavy atom. The molecular formula is C29H31N5O2. The van der Waals surface area contributed by atoms with Gasteiger partial charge in [0.1, 0.15) is 0 Å². The second-order valence-corrected chi connectivity index (χ2v) is 9.72. The van der Waals surface area contributed by atoms with Crippen molar-refractivity contribution in [2.45, 2.75) is 32.8 Å². The predicted octanol–water partition coefficient (Wildman–Crippen LogP) is 5.70. The van der Waals surface area contributed by atoms with Crippen LogP contribution in [0.15, 0.2) is 54.9 Å². The van der Waals surface area contributed by atoms with Crippen molar-refractivity contribution in [1.29, 1.82) is 0 Å². The third kappa shape index (κ3) is 4.70. The van der Waals surface area contributed by atoms with Crippen molar-refractivity contribution in [2.75, 3.05) is 26.7 Å². The largest absolute Gasteiger partial charge is 0.475 e. The van der Waals surface area contributed by atoms with E-state index in [9.17, 15) is 5.11 Å². The van der Waals surface area contributed by atoms with Gasteiger partial charge in [0, 0.05) is 30.4 Å². The molecule has 7 nitrogen and oxygen atoms in total.